The van der Waals surface area contributed by atoms with Crippen LogP contribution in [0.15, 0.2) is 30.5 Å². The van der Waals surface area contributed by atoms with E-state index in [0.29, 0.717) is 13.0 Å². The average molecular weight is 369 g/mol. The third-order valence-corrected chi connectivity index (χ3v) is 3.84. The van der Waals surface area contributed by atoms with E-state index in [1.165, 1.54) is 6.07 Å². The summed E-state index contributed by atoms with van der Waals surface area (Å²) in [7, 11) is 0. The maximum absolute atomic E-state index is 12.5. The van der Waals surface area contributed by atoms with Gasteiger partial charge in [0.1, 0.15) is 11.5 Å². The number of aromatic hydroxyl groups is 1. The minimum atomic E-state index is -4.41. The van der Waals surface area contributed by atoms with Crippen LogP contribution in [-0.2, 0) is 19.0 Å². The summed E-state index contributed by atoms with van der Waals surface area (Å²) in [4.78, 5) is 3.65. The van der Waals surface area contributed by atoms with Crippen LogP contribution in [-0.4, -0.2) is 23.3 Å². The molecule has 1 heterocycles. The fourth-order valence-corrected chi connectivity index (χ4v) is 2.49. The number of hydrogen-bond acceptors (Lipinski definition) is 4. The maximum atomic E-state index is 12.5. The first-order valence-corrected chi connectivity index (χ1v) is 8.48. The Bertz CT molecular complexity index is 690. The lowest BCUT2D eigenvalue weighted by molar-refractivity contribution is -0.137. The number of rotatable bonds is 8. The highest BCUT2D eigenvalue weighted by Gasteiger charge is 2.30. The molecule has 0 atom stereocenters. The number of hydrogen-bond donors (Lipinski definition) is 1. The van der Waals surface area contributed by atoms with E-state index in [1.54, 1.807) is 12.1 Å². The summed E-state index contributed by atoms with van der Waals surface area (Å²) in [6, 6.07) is 5.53. The Labute approximate surface area is 150 Å². The second-order valence-corrected chi connectivity index (χ2v) is 5.73. The molecule has 4 nitrogen and oxygen atoms in total. The summed E-state index contributed by atoms with van der Waals surface area (Å²) >= 11 is 0. The van der Waals surface area contributed by atoms with Gasteiger partial charge >= 0.3 is 6.18 Å². The lowest BCUT2D eigenvalue weighted by Gasteiger charge is -2.15. The molecule has 1 aromatic heterocycles. The highest BCUT2D eigenvalue weighted by molar-refractivity contribution is 5.47. The molecule has 0 bridgehead atoms. The molecular weight excluding hydrogens is 347 g/mol. The first-order valence-electron chi connectivity index (χ1n) is 8.48. The molecule has 1 N–H and O–H groups in total. The molecule has 1 aromatic carbocycles. The number of nitrogens with zero attached hydrogens (tertiary/aromatic N) is 1. The summed E-state index contributed by atoms with van der Waals surface area (Å²) in [5.41, 5.74) is 1.07. The van der Waals surface area contributed by atoms with Crippen LogP contribution >= 0.6 is 0 Å². The van der Waals surface area contributed by atoms with Crippen molar-refractivity contribution >= 4 is 0 Å². The van der Waals surface area contributed by atoms with Gasteiger partial charge in [-0.25, -0.2) is 4.98 Å². The van der Waals surface area contributed by atoms with E-state index in [0.717, 1.165) is 42.0 Å². The van der Waals surface area contributed by atoms with Crippen molar-refractivity contribution in [2.75, 3.05) is 13.2 Å². The molecule has 142 valence electrons. The smallest absolute Gasteiger partial charge is 0.417 e. The third-order valence-electron chi connectivity index (χ3n) is 3.84. The molecule has 26 heavy (non-hydrogen) atoms. The van der Waals surface area contributed by atoms with Crippen molar-refractivity contribution in [3.8, 4) is 17.4 Å². The quantitative estimate of drug-likeness (QED) is 0.681. The van der Waals surface area contributed by atoms with E-state index >= 15 is 0 Å². The zero-order valence-electron chi connectivity index (χ0n) is 14.8. The van der Waals surface area contributed by atoms with Gasteiger partial charge in [-0.15, -0.1) is 0 Å². The molecule has 0 saturated heterocycles. The van der Waals surface area contributed by atoms with E-state index in [9.17, 15) is 18.3 Å². The van der Waals surface area contributed by atoms with E-state index < -0.39 is 11.7 Å². The molecular formula is C19H22F3NO3. The van der Waals surface area contributed by atoms with Crippen molar-refractivity contribution in [1.29, 1.82) is 0 Å². The van der Waals surface area contributed by atoms with Gasteiger partial charge in [0.2, 0.25) is 5.88 Å². The molecule has 7 heteroatoms. The second-order valence-electron chi connectivity index (χ2n) is 5.73. The Kier molecular flexibility index (Phi) is 6.71. The predicted octanol–water partition coefficient (Wildman–Crippen LogP) is 4.78. The highest BCUT2D eigenvalue weighted by atomic mass is 19.4. The monoisotopic (exact) mass is 369 g/mol. The zero-order valence-corrected chi connectivity index (χ0v) is 14.8. The van der Waals surface area contributed by atoms with Gasteiger partial charge in [-0.3, -0.25) is 0 Å². The fourth-order valence-electron chi connectivity index (χ4n) is 2.49. The van der Waals surface area contributed by atoms with E-state index in [2.05, 4.69) is 4.98 Å². The molecule has 0 fully saturated rings. The Morgan fingerprint density at radius 2 is 1.62 bits per heavy atom. The van der Waals surface area contributed by atoms with Gasteiger partial charge in [-0.1, -0.05) is 13.8 Å². The molecule has 2 aromatic rings. The first-order chi connectivity index (χ1) is 12.3. The molecule has 0 amide bonds. The normalized spacial score (nSPS) is 11.4. The summed E-state index contributed by atoms with van der Waals surface area (Å²) in [6.45, 7) is 4.64. The number of halogens is 3. The standard InChI is InChI=1S/C19H22F3NO3/c1-3-13-10-16(24)11-14(4-2)18(13)26-9-5-8-25-17-7-6-15(12-23-17)19(20,21)22/h6-7,10-12,24H,3-5,8-9H2,1-2H3. The van der Waals surface area contributed by atoms with Gasteiger partial charge in [0, 0.05) is 18.7 Å². The van der Waals surface area contributed by atoms with Crippen LogP contribution in [0.25, 0.3) is 0 Å². The Balaban J connectivity index is 1.84. The second kappa shape index (κ2) is 8.78. The number of aryl methyl sites for hydroxylation is 2. The number of benzene rings is 1. The van der Waals surface area contributed by atoms with E-state index in [-0.39, 0.29) is 18.2 Å². The zero-order chi connectivity index (χ0) is 19.2. The lowest BCUT2D eigenvalue weighted by Crippen LogP contribution is -2.09. The SMILES string of the molecule is CCc1cc(O)cc(CC)c1OCCCOc1ccc(C(F)(F)F)cn1. The predicted molar refractivity (Wildman–Crippen MR) is 91.7 cm³/mol. The molecule has 2 rings (SSSR count). The van der Waals surface area contributed by atoms with E-state index in [4.69, 9.17) is 9.47 Å². The Hall–Kier alpha value is -2.44. The van der Waals surface area contributed by atoms with Crippen LogP contribution in [0.1, 0.15) is 37.0 Å². The molecule has 0 aliphatic rings. The van der Waals surface area contributed by atoms with Gasteiger partial charge < -0.3 is 14.6 Å². The molecule has 0 aliphatic carbocycles. The van der Waals surface area contributed by atoms with Crippen LogP contribution < -0.4 is 9.47 Å². The van der Waals surface area contributed by atoms with Crippen LogP contribution in [0.2, 0.25) is 0 Å². The average Bonchev–Trinajstić information content (AvgIpc) is 2.61. The highest BCUT2D eigenvalue weighted by Crippen LogP contribution is 2.30. The molecule has 0 aliphatic heterocycles. The van der Waals surface area contributed by atoms with Crippen molar-refractivity contribution < 1.29 is 27.8 Å². The molecule has 0 unspecified atom stereocenters. The van der Waals surface area contributed by atoms with Gasteiger partial charge in [-0.2, -0.15) is 13.2 Å². The van der Waals surface area contributed by atoms with Gasteiger partial charge in [0.05, 0.1) is 18.8 Å². The van der Waals surface area contributed by atoms with Crippen molar-refractivity contribution in [2.24, 2.45) is 0 Å². The summed E-state index contributed by atoms with van der Waals surface area (Å²) in [6.07, 6.45) is -1.62. The van der Waals surface area contributed by atoms with Crippen LogP contribution in [0.4, 0.5) is 13.2 Å². The first kappa shape index (κ1) is 19.9. The van der Waals surface area contributed by atoms with Gasteiger partial charge in [0.25, 0.3) is 0 Å². The number of phenolic OH excluding ortho intramolecular Hbond substituents is 1. The Morgan fingerprint density at radius 1 is 1.00 bits per heavy atom. The maximum Gasteiger partial charge on any atom is 0.417 e. The number of phenols is 1. The lowest BCUT2D eigenvalue weighted by atomic mass is 10.0. The van der Waals surface area contributed by atoms with Crippen molar-refractivity contribution in [2.45, 2.75) is 39.3 Å². The van der Waals surface area contributed by atoms with Crippen LogP contribution in [0.3, 0.4) is 0 Å². The summed E-state index contributed by atoms with van der Waals surface area (Å²) < 4.78 is 48.6. The summed E-state index contributed by atoms with van der Waals surface area (Å²) in [5.74, 6) is 1.15. The minimum Gasteiger partial charge on any atom is -0.508 e. The van der Waals surface area contributed by atoms with Crippen LogP contribution in [0, 0.1) is 0 Å². The van der Waals surface area contributed by atoms with E-state index in [1.807, 2.05) is 13.8 Å². The molecule has 0 saturated carbocycles. The van der Waals surface area contributed by atoms with Crippen molar-refractivity contribution in [3.63, 3.8) is 0 Å². The van der Waals surface area contributed by atoms with Crippen molar-refractivity contribution in [1.82, 2.24) is 4.98 Å². The van der Waals surface area contributed by atoms with Gasteiger partial charge in [0.15, 0.2) is 0 Å². The number of pyridine rings is 1. The molecule has 0 spiro atoms. The Morgan fingerprint density at radius 3 is 2.12 bits per heavy atom. The summed E-state index contributed by atoms with van der Waals surface area (Å²) in [5, 5.41) is 9.73. The number of alkyl halides is 3. The van der Waals surface area contributed by atoms with Crippen LogP contribution in [0.5, 0.6) is 17.4 Å². The van der Waals surface area contributed by atoms with Gasteiger partial charge in [-0.05, 0) is 42.2 Å². The third kappa shape index (κ3) is 5.28. The van der Waals surface area contributed by atoms with Crippen molar-refractivity contribution in [3.05, 3.63) is 47.2 Å². The fraction of sp³-hybridized carbons (Fsp3) is 0.421. The topological polar surface area (TPSA) is 51.6 Å². The largest absolute Gasteiger partial charge is 0.508 e. The minimum absolute atomic E-state index is 0.145. The molecule has 0 radical (unpaired) electrons. The number of aromatic nitrogens is 1. The number of ether oxygens (including phenoxy) is 2.